The van der Waals surface area contributed by atoms with Crippen LogP contribution < -0.4 is 18.9 Å². The maximum Gasteiger partial charge on any atom is 0.342 e. The Morgan fingerprint density at radius 2 is 0.768 bits per heavy atom. The molecule has 82 heavy (non-hydrogen) atoms. The van der Waals surface area contributed by atoms with Gasteiger partial charge in [-0.05, 0) is 64.2 Å². The standard InChI is InChI=1S/C67H70N2O13/c70-42-22-38-69(82-53-58-31-14-5-15-32-58)63(71)37-39-68(40-47-74-43-16-18-45-76-66(72)59-33-20-35-61(78-49-54-23-6-1-7-24-54)64(59)80-51-56-27-10-3-11-28-56)41-48-75-44-17-19-46-77-67(73)60-34-21-36-62(79-50-55-25-8-2-9-26-55)65(60)81-52-57-29-12-4-13-30-57/h1-21,23-36,42H,22,37-41,43-53H2/b18-16+,19-17+. The second kappa shape index (κ2) is 35.7. The van der Waals surface area contributed by atoms with Gasteiger partial charge in [-0.3, -0.25) is 14.5 Å². The molecule has 0 saturated carbocycles. The van der Waals surface area contributed by atoms with Gasteiger partial charge in [0.2, 0.25) is 5.91 Å². The molecule has 0 aliphatic heterocycles. The van der Waals surface area contributed by atoms with Gasteiger partial charge in [0.25, 0.3) is 0 Å². The maximum atomic E-state index is 13.5. The zero-order valence-corrected chi connectivity index (χ0v) is 46.0. The predicted octanol–water partition coefficient (Wildman–Crippen LogP) is 11.4. The number of amides is 1. The summed E-state index contributed by atoms with van der Waals surface area (Å²) in [6.45, 7) is 3.75. The number of ether oxygens (including phenoxy) is 8. The molecule has 15 heteroatoms. The number of benzene rings is 7. The molecular weight excluding hydrogens is 1040 g/mol. The third-order valence-electron chi connectivity index (χ3n) is 12.4. The average Bonchev–Trinajstić information content (AvgIpc) is 3.60. The predicted molar refractivity (Wildman–Crippen MR) is 311 cm³/mol. The molecule has 1 amide bonds. The highest BCUT2D eigenvalue weighted by Crippen LogP contribution is 2.35. The molecule has 0 spiro atoms. The highest BCUT2D eigenvalue weighted by atomic mass is 16.7. The third-order valence-corrected chi connectivity index (χ3v) is 12.4. The summed E-state index contributed by atoms with van der Waals surface area (Å²) in [5.41, 5.74) is 5.18. The van der Waals surface area contributed by atoms with Crippen LogP contribution in [0, 0.1) is 0 Å². The van der Waals surface area contributed by atoms with Crippen LogP contribution in [0.25, 0.3) is 0 Å². The lowest BCUT2D eigenvalue weighted by Gasteiger charge is -2.25. The Morgan fingerprint density at radius 3 is 1.17 bits per heavy atom. The number of para-hydroxylation sites is 2. The van der Waals surface area contributed by atoms with Gasteiger partial charge in [-0.2, -0.15) is 0 Å². The minimum Gasteiger partial charge on any atom is -0.485 e. The lowest BCUT2D eigenvalue weighted by molar-refractivity contribution is -0.192. The Bertz CT molecular complexity index is 2870. The van der Waals surface area contributed by atoms with Gasteiger partial charge in [0.1, 0.15) is 63.7 Å². The van der Waals surface area contributed by atoms with E-state index in [1.165, 1.54) is 5.06 Å². The van der Waals surface area contributed by atoms with Crippen LogP contribution in [-0.4, -0.2) is 99.9 Å². The summed E-state index contributed by atoms with van der Waals surface area (Å²) >= 11 is 0. The SMILES string of the molecule is O=CCCN(OCc1ccccc1)C(=O)CCN(CCOC/C=C/COC(=O)c1cccc(OCc2ccccc2)c1OCc1ccccc1)CCOC/C=C/COC(=O)c1cccc(OCc2ccccc2)c1OCc1ccccc1. The second-order valence-corrected chi connectivity index (χ2v) is 18.5. The van der Waals surface area contributed by atoms with Crippen LogP contribution in [0.3, 0.4) is 0 Å². The highest BCUT2D eigenvalue weighted by molar-refractivity contribution is 5.94. The third kappa shape index (κ3) is 21.7. The molecule has 0 N–H and O–H groups in total. The van der Waals surface area contributed by atoms with Gasteiger partial charge >= 0.3 is 11.9 Å². The van der Waals surface area contributed by atoms with E-state index in [1.807, 2.05) is 157 Å². The van der Waals surface area contributed by atoms with Crippen LogP contribution >= 0.6 is 0 Å². The molecule has 0 atom stereocenters. The summed E-state index contributed by atoms with van der Waals surface area (Å²) < 4.78 is 47.9. The zero-order chi connectivity index (χ0) is 57.1. The van der Waals surface area contributed by atoms with Crippen molar-refractivity contribution in [2.24, 2.45) is 0 Å². The average molecular weight is 1110 g/mol. The fourth-order valence-electron chi connectivity index (χ4n) is 8.05. The Hall–Kier alpha value is -8.86. The fourth-order valence-corrected chi connectivity index (χ4v) is 8.05. The number of carbonyl (C=O) groups is 4. The van der Waals surface area contributed by atoms with Crippen molar-refractivity contribution in [2.45, 2.75) is 45.9 Å². The molecule has 426 valence electrons. The van der Waals surface area contributed by atoms with E-state index in [1.54, 1.807) is 60.7 Å². The number of carbonyl (C=O) groups excluding carboxylic acids is 4. The molecule has 7 aromatic carbocycles. The molecule has 0 radical (unpaired) electrons. The van der Waals surface area contributed by atoms with Gasteiger partial charge in [-0.1, -0.05) is 176 Å². The molecule has 7 aromatic rings. The van der Waals surface area contributed by atoms with E-state index in [0.717, 1.165) is 34.1 Å². The van der Waals surface area contributed by atoms with Crippen molar-refractivity contribution in [3.63, 3.8) is 0 Å². The van der Waals surface area contributed by atoms with Gasteiger partial charge in [-0.15, -0.1) is 0 Å². The van der Waals surface area contributed by atoms with Gasteiger partial charge < -0.3 is 42.7 Å². The van der Waals surface area contributed by atoms with Crippen molar-refractivity contribution in [1.29, 1.82) is 0 Å². The van der Waals surface area contributed by atoms with E-state index < -0.39 is 11.9 Å². The highest BCUT2D eigenvalue weighted by Gasteiger charge is 2.22. The number of hydrogen-bond donors (Lipinski definition) is 0. The molecule has 0 aliphatic carbocycles. The second-order valence-electron chi connectivity index (χ2n) is 18.5. The number of esters is 2. The summed E-state index contributed by atoms with van der Waals surface area (Å²) in [4.78, 5) is 59.7. The van der Waals surface area contributed by atoms with Gasteiger partial charge in [-0.25, -0.2) is 14.7 Å². The Balaban J connectivity index is 0.885. The van der Waals surface area contributed by atoms with E-state index in [-0.39, 0.29) is 95.9 Å². The number of hydrogen-bond acceptors (Lipinski definition) is 14. The summed E-state index contributed by atoms with van der Waals surface area (Å²) in [5.74, 6) is 0.0404. The van der Waals surface area contributed by atoms with Gasteiger partial charge in [0.15, 0.2) is 23.0 Å². The van der Waals surface area contributed by atoms with Crippen molar-refractivity contribution in [3.05, 3.63) is 251 Å². The monoisotopic (exact) mass is 1110 g/mol. The van der Waals surface area contributed by atoms with Crippen LogP contribution in [-0.2, 0) is 66.4 Å². The smallest absolute Gasteiger partial charge is 0.342 e. The number of rotatable bonds is 37. The molecule has 0 saturated heterocycles. The molecular formula is C67H70N2O13. The van der Waals surface area contributed by atoms with Crippen molar-refractivity contribution in [3.8, 4) is 23.0 Å². The summed E-state index contributed by atoms with van der Waals surface area (Å²) in [5, 5.41) is 1.26. The molecule has 15 nitrogen and oxygen atoms in total. The topological polar surface area (TPSA) is 158 Å². The molecule has 7 rings (SSSR count). The van der Waals surface area contributed by atoms with Crippen molar-refractivity contribution in [1.82, 2.24) is 9.96 Å². The molecule has 0 fully saturated rings. The van der Waals surface area contributed by atoms with E-state index in [0.29, 0.717) is 55.8 Å². The van der Waals surface area contributed by atoms with Crippen LogP contribution in [0.4, 0.5) is 0 Å². The van der Waals surface area contributed by atoms with Crippen LogP contribution in [0.1, 0.15) is 61.4 Å². The van der Waals surface area contributed by atoms with E-state index >= 15 is 0 Å². The maximum absolute atomic E-state index is 13.5. The normalized spacial score (nSPS) is 11.1. The molecule has 0 aliphatic rings. The Morgan fingerprint density at radius 1 is 0.390 bits per heavy atom. The Labute approximate surface area is 480 Å². The number of nitrogens with zero attached hydrogens (tertiary/aromatic N) is 2. The lowest BCUT2D eigenvalue weighted by Crippen LogP contribution is -2.37. The van der Waals surface area contributed by atoms with Gasteiger partial charge in [0, 0.05) is 32.5 Å². The minimum atomic E-state index is -0.567. The first-order valence-corrected chi connectivity index (χ1v) is 27.3. The summed E-state index contributed by atoms with van der Waals surface area (Å²) in [6, 6.07) is 58.6. The van der Waals surface area contributed by atoms with E-state index in [2.05, 4.69) is 0 Å². The first kappa shape index (κ1) is 60.8. The molecule has 0 heterocycles. The first-order valence-electron chi connectivity index (χ1n) is 27.3. The van der Waals surface area contributed by atoms with Crippen LogP contribution in [0.2, 0.25) is 0 Å². The van der Waals surface area contributed by atoms with Crippen molar-refractivity contribution >= 4 is 24.1 Å². The number of aldehydes is 1. The summed E-state index contributed by atoms with van der Waals surface area (Å²) in [7, 11) is 0. The lowest BCUT2D eigenvalue weighted by atomic mass is 10.1. The first-order chi connectivity index (χ1) is 40.4. The minimum absolute atomic E-state index is 0.00519. The molecule has 0 aromatic heterocycles. The van der Waals surface area contributed by atoms with Crippen LogP contribution in [0.5, 0.6) is 23.0 Å². The van der Waals surface area contributed by atoms with Crippen LogP contribution in [0.15, 0.2) is 212 Å². The van der Waals surface area contributed by atoms with E-state index in [4.69, 9.17) is 42.7 Å². The summed E-state index contributed by atoms with van der Waals surface area (Å²) in [6.07, 6.45) is 7.96. The van der Waals surface area contributed by atoms with Gasteiger partial charge in [0.05, 0.1) is 33.0 Å². The molecule has 0 bridgehead atoms. The zero-order valence-electron chi connectivity index (χ0n) is 46.0. The number of hydroxylamine groups is 2. The quantitative estimate of drug-likeness (QED) is 0.0119. The fraction of sp³-hybridized carbons (Fsp3) is 0.254. The Kier molecular flexibility index (Phi) is 26.5. The largest absolute Gasteiger partial charge is 0.485 e. The van der Waals surface area contributed by atoms with E-state index in [9.17, 15) is 19.2 Å². The van der Waals surface area contributed by atoms with Crippen molar-refractivity contribution in [2.75, 3.05) is 65.8 Å². The molecule has 0 unspecified atom stereocenters. The van der Waals surface area contributed by atoms with Crippen molar-refractivity contribution < 1.29 is 61.9 Å².